The van der Waals surface area contributed by atoms with Gasteiger partial charge in [0.25, 0.3) is 0 Å². The number of thiophene rings is 1. The predicted molar refractivity (Wildman–Crippen MR) is 56.8 cm³/mol. The van der Waals surface area contributed by atoms with Gasteiger partial charge in [-0.1, -0.05) is 6.07 Å². The Kier molecular flexibility index (Phi) is 2.60. The van der Waals surface area contributed by atoms with Gasteiger partial charge in [0, 0.05) is 6.54 Å². The zero-order chi connectivity index (χ0) is 10.0. The molecule has 0 saturated heterocycles. The van der Waals surface area contributed by atoms with Gasteiger partial charge in [-0.25, -0.2) is 8.42 Å². The summed E-state index contributed by atoms with van der Waals surface area (Å²) in [7, 11) is -3.25. The van der Waals surface area contributed by atoms with Gasteiger partial charge in [-0.05, 0) is 30.4 Å². The maximum Gasteiger partial charge on any atom is 0.230 e. The highest BCUT2D eigenvalue weighted by molar-refractivity contribution is 7.97. The first kappa shape index (κ1) is 9.73. The lowest BCUT2D eigenvalue weighted by Crippen LogP contribution is -2.24. The van der Waals surface area contributed by atoms with Crippen molar-refractivity contribution in [3.8, 4) is 0 Å². The maximum absolute atomic E-state index is 11.9. The molecular formula is C9H11NO2S2. The maximum atomic E-state index is 11.9. The standard InChI is InChI=1S/C9H11NO2S2/c11-14(12,9-5-3-7-13-9)8-4-1-2-6-10-8/h3-5,7,10H,1-2,6H2. The Morgan fingerprint density at radius 3 is 2.86 bits per heavy atom. The summed E-state index contributed by atoms with van der Waals surface area (Å²) in [5.74, 6) is 0. The molecule has 0 aliphatic carbocycles. The summed E-state index contributed by atoms with van der Waals surface area (Å²) in [5, 5.41) is 5.07. The Morgan fingerprint density at radius 1 is 1.43 bits per heavy atom. The predicted octanol–water partition coefficient (Wildman–Crippen LogP) is 1.75. The van der Waals surface area contributed by atoms with Gasteiger partial charge in [0.2, 0.25) is 9.84 Å². The Labute approximate surface area is 87.4 Å². The molecule has 0 bridgehead atoms. The second-order valence-corrected chi connectivity index (χ2v) is 6.17. The molecule has 0 amide bonds. The second kappa shape index (κ2) is 3.74. The van der Waals surface area contributed by atoms with Crippen LogP contribution in [0, 0.1) is 0 Å². The van der Waals surface area contributed by atoms with E-state index in [2.05, 4.69) is 5.32 Å². The summed E-state index contributed by atoms with van der Waals surface area (Å²) in [6, 6.07) is 3.39. The van der Waals surface area contributed by atoms with Crippen LogP contribution in [-0.4, -0.2) is 15.0 Å². The summed E-state index contributed by atoms with van der Waals surface area (Å²) in [4.78, 5) is 0. The molecule has 0 aromatic carbocycles. The van der Waals surface area contributed by atoms with E-state index in [1.807, 2.05) is 0 Å². The first-order chi connectivity index (χ1) is 6.71. The Morgan fingerprint density at radius 2 is 2.29 bits per heavy atom. The zero-order valence-electron chi connectivity index (χ0n) is 7.56. The molecule has 1 aliphatic rings. The molecule has 0 saturated carbocycles. The van der Waals surface area contributed by atoms with Crippen molar-refractivity contribution in [2.45, 2.75) is 17.1 Å². The molecule has 1 aliphatic heterocycles. The summed E-state index contributed by atoms with van der Waals surface area (Å²) in [5.41, 5.74) is 0. The third-order valence-corrected chi connectivity index (χ3v) is 5.22. The third kappa shape index (κ3) is 1.69. The average molecular weight is 229 g/mol. The minimum atomic E-state index is -3.25. The summed E-state index contributed by atoms with van der Waals surface area (Å²) >= 11 is 1.25. The van der Waals surface area contributed by atoms with Crippen LogP contribution < -0.4 is 5.32 Å². The van der Waals surface area contributed by atoms with E-state index in [1.165, 1.54) is 11.3 Å². The molecule has 76 valence electrons. The molecule has 1 N–H and O–H groups in total. The topological polar surface area (TPSA) is 46.2 Å². The molecule has 0 unspecified atom stereocenters. The average Bonchev–Trinajstić information content (AvgIpc) is 2.72. The lowest BCUT2D eigenvalue weighted by atomic mass is 10.2. The van der Waals surface area contributed by atoms with Crippen molar-refractivity contribution in [1.82, 2.24) is 5.32 Å². The van der Waals surface area contributed by atoms with Crippen molar-refractivity contribution >= 4 is 21.2 Å². The number of nitrogens with one attached hydrogen (secondary N) is 1. The van der Waals surface area contributed by atoms with E-state index in [-0.39, 0.29) is 0 Å². The van der Waals surface area contributed by atoms with Gasteiger partial charge >= 0.3 is 0 Å². The van der Waals surface area contributed by atoms with Crippen LogP contribution in [0.2, 0.25) is 0 Å². The molecule has 1 aromatic heterocycles. The van der Waals surface area contributed by atoms with E-state index in [4.69, 9.17) is 0 Å². The van der Waals surface area contributed by atoms with Gasteiger partial charge in [0.1, 0.15) is 9.24 Å². The Balaban J connectivity index is 2.38. The molecule has 1 aromatic rings. The molecule has 14 heavy (non-hydrogen) atoms. The van der Waals surface area contributed by atoms with Gasteiger partial charge in [0.05, 0.1) is 0 Å². The van der Waals surface area contributed by atoms with Crippen molar-refractivity contribution < 1.29 is 8.42 Å². The minimum absolute atomic E-state index is 0.367. The highest BCUT2D eigenvalue weighted by Crippen LogP contribution is 2.23. The number of allylic oxidation sites excluding steroid dienone is 1. The highest BCUT2D eigenvalue weighted by Gasteiger charge is 2.22. The third-order valence-electron chi connectivity index (χ3n) is 2.06. The number of rotatable bonds is 2. The quantitative estimate of drug-likeness (QED) is 0.840. The Hall–Kier alpha value is -0.810. The van der Waals surface area contributed by atoms with Gasteiger partial charge in [0.15, 0.2) is 0 Å². The number of sulfone groups is 1. The fourth-order valence-corrected chi connectivity index (χ4v) is 3.84. The van der Waals surface area contributed by atoms with Crippen molar-refractivity contribution in [3.63, 3.8) is 0 Å². The summed E-state index contributed by atoms with van der Waals surface area (Å²) in [6.45, 7) is 0.746. The van der Waals surface area contributed by atoms with Crippen LogP contribution in [0.1, 0.15) is 12.8 Å². The van der Waals surface area contributed by atoms with E-state index in [0.717, 1.165) is 19.4 Å². The van der Waals surface area contributed by atoms with E-state index < -0.39 is 9.84 Å². The first-order valence-corrected chi connectivity index (χ1v) is 6.80. The van der Waals surface area contributed by atoms with E-state index in [0.29, 0.717) is 9.24 Å². The van der Waals surface area contributed by atoms with Crippen LogP contribution in [0.5, 0.6) is 0 Å². The van der Waals surface area contributed by atoms with E-state index >= 15 is 0 Å². The van der Waals surface area contributed by atoms with Crippen LogP contribution in [0.15, 0.2) is 32.8 Å². The molecule has 0 spiro atoms. The lowest BCUT2D eigenvalue weighted by molar-refractivity contribution is 0.594. The van der Waals surface area contributed by atoms with Crippen molar-refractivity contribution in [2.24, 2.45) is 0 Å². The summed E-state index contributed by atoms with van der Waals surface area (Å²) < 4.78 is 24.3. The van der Waals surface area contributed by atoms with Crippen LogP contribution in [0.3, 0.4) is 0 Å². The lowest BCUT2D eigenvalue weighted by Gasteiger charge is -2.14. The monoisotopic (exact) mass is 229 g/mol. The SMILES string of the molecule is O=S(=O)(C1=CCCCN1)c1cccs1. The van der Waals surface area contributed by atoms with E-state index in [9.17, 15) is 8.42 Å². The fourth-order valence-electron chi connectivity index (χ4n) is 1.35. The number of hydrogen-bond acceptors (Lipinski definition) is 4. The van der Waals surface area contributed by atoms with Crippen molar-refractivity contribution in [1.29, 1.82) is 0 Å². The molecule has 0 atom stereocenters. The van der Waals surface area contributed by atoms with Gasteiger partial charge < -0.3 is 5.32 Å². The van der Waals surface area contributed by atoms with Gasteiger partial charge in [-0.3, -0.25) is 0 Å². The highest BCUT2D eigenvalue weighted by atomic mass is 32.2. The molecule has 2 heterocycles. The van der Waals surface area contributed by atoms with Crippen LogP contribution in [0.25, 0.3) is 0 Å². The second-order valence-electron chi connectivity index (χ2n) is 3.07. The molecule has 5 heteroatoms. The molecule has 0 fully saturated rings. The van der Waals surface area contributed by atoms with E-state index in [1.54, 1.807) is 23.6 Å². The van der Waals surface area contributed by atoms with Crippen LogP contribution >= 0.6 is 11.3 Å². The molecule has 0 radical (unpaired) electrons. The van der Waals surface area contributed by atoms with Gasteiger partial charge in [-0.2, -0.15) is 0 Å². The normalized spacial score (nSPS) is 17.3. The van der Waals surface area contributed by atoms with Crippen molar-refractivity contribution in [2.75, 3.05) is 6.54 Å². The molecular weight excluding hydrogens is 218 g/mol. The zero-order valence-corrected chi connectivity index (χ0v) is 9.20. The summed E-state index contributed by atoms with van der Waals surface area (Å²) in [6.07, 6.45) is 3.61. The number of hydrogen-bond donors (Lipinski definition) is 1. The van der Waals surface area contributed by atoms with Gasteiger partial charge in [-0.15, -0.1) is 11.3 Å². The van der Waals surface area contributed by atoms with Crippen LogP contribution in [-0.2, 0) is 9.84 Å². The Bertz CT molecular complexity index is 431. The fraction of sp³-hybridized carbons (Fsp3) is 0.333. The first-order valence-electron chi connectivity index (χ1n) is 4.44. The molecule has 2 rings (SSSR count). The molecule has 3 nitrogen and oxygen atoms in total. The smallest absolute Gasteiger partial charge is 0.230 e. The minimum Gasteiger partial charge on any atom is -0.376 e. The van der Waals surface area contributed by atoms with Crippen LogP contribution in [0.4, 0.5) is 0 Å². The largest absolute Gasteiger partial charge is 0.376 e. The van der Waals surface area contributed by atoms with Crippen molar-refractivity contribution in [3.05, 3.63) is 28.6 Å².